The van der Waals surface area contributed by atoms with Gasteiger partial charge in [0.1, 0.15) is 6.04 Å². The molecule has 1 aromatic carbocycles. The van der Waals surface area contributed by atoms with Crippen LogP contribution >= 0.6 is 11.6 Å². The molecular weight excluding hydrogens is 404 g/mol. The molecule has 1 aliphatic rings. The Balaban J connectivity index is 2.19. The second kappa shape index (κ2) is 9.60. The number of carbonyl (C=O) groups excluding carboxylic acids is 2. The van der Waals surface area contributed by atoms with Crippen molar-refractivity contribution in [3.05, 3.63) is 29.3 Å². The Bertz CT molecular complexity index is 789. The second-order valence-electron chi connectivity index (χ2n) is 6.81. The topological polar surface area (TPSA) is 84.0 Å². The van der Waals surface area contributed by atoms with Gasteiger partial charge in [-0.15, -0.1) is 0 Å². The zero-order chi connectivity index (χ0) is 20.9. The molecule has 0 N–H and O–H groups in total. The van der Waals surface area contributed by atoms with Crippen molar-refractivity contribution < 1.29 is 22.7 Å². The highest BCUT2D eigenvalue weighted by atomic mass is 35.5. The molecule has 1 fully saturated rings. The molecule has 1 amide bonds. The van der Waals surface area contributed by atoms with Crippen LogP contribution in [0, 0.1) is 5.92 Å². The van der Waals surface area contributed by atoms with Crippen LogP contribution in [-0.4, -0.2) is 57.2 Å². The first-order valence-corrected chi connectivity index (χ1v) is 11.6. The lowest BCUT2D eigenvalue weighted by Gasteiger charge is -2.37. The van der Waals surface area contributed by atoms with E-state index in [-0.39, 0.29) is 17.8 Å². The zero-order valence-electron chi connectivity index (χ0n) is 16.4. The number of anilines is 1. The summed E-state index contributed by atoms with van der Waals surface area (Å²) in [4.78, 5) is 26.7. The van der Waals surface area contributed by atoms with Gasteiger partial charge in [0.05, 0.1) is 24.5 Å². The van der Waals surface area contributed by atoms with E-state index >= 15 is 0 Å². The number of piperidine rings is 1. The number of nitrogens with zero attached hydrogens (tertiary/aromatic N) is 2. The van der Waals surface area contributed by atoms with Crippen molar-refractivity contribution in [3.63, 3.8) is 0 Å². The summed E-state index contributed by atoms with van der Waals surface area (Å²) in [5.74, 6) is -0.711. The molecule has 0 saturated carbocycles. The number of esters is 1. The van der Waals surface area contributed by atoms with Crippen LogP contribution in [0.3, 0.4) is 0 Å². The van der Waals surface area contributed by atoms with Gasteiger partial charge in [-0.25, -0.2) is 8.42 Å². The first-order valence-electron chi connectivity index (χ1n) is 9.39. The summed E-state index contributed by atoms with van der Waals surface area (Å²) >= 11 is 5.91. The van der Waals surface area contributed by atoms with Gasteiger partial charge in [-0.2, -0.15) is 0 Å². The summed E-state index contributed by atoms with van der Waals surface area (Å²) in [6.07, 6.45) is 2.44. The van der Waals surface area contributed by atoms with E-state index in [2.05, 4.69) is 0 Å². The number of likely N-dealkylation sites (tertiary alicyclic amines) is 1. The second-order valence-corrected chi connectivity index (χ2v) is 9.11. The molecule has 1 saturated heterocycles. The van der Waals surface area contributed by atoms with E-state index < -0.39 is 16.1 Å². The van der Waals surface area contributed by atoms with Gasteiger partial charge < -0.3 is 9.64 Å². The van der Waals surface area contributed by atoms with Crippen molar-refractivity contribution in [1.82, 2.24) is 4.90 Å². The molecule has 9 heteroatoms. The van der Waals surface area contributed by atoms with Crippen LogP contribution in [0.1, 0.15) is 33.1 Å². The third kappa shape index (κ3) is 5.38. The van der Waals surface area contributed by atoms with Crippen molar-refractivity contribution in [2.45, 2.75) is 39.2 Å². The SMILES string of the molecule is CCOC(=O)C1CCN(C(=O)C(CC)N(c2ccc(Cl)cc2)S(C)(=O)=O)CC1. The number of amides is 1. The molecule has 28 heavy (non-hydrogen) atoms. The molecule has 2 rings (SSSR count). The minimum atomic E-state index is -3.69. The molecule has 156 valence electrons. The van der Waals surface area contributed by atoms with Crippen molar-refractivity contribution >= 4 is 39.2 Å². The Hall–Kier alpha value is -1.80. The Labute approximate surface area is 171 Å². The van der Waals surface area contributed by atoms with E-state index in [1.54, 1.807) is 43.0 Å². The minimum Gasteiger partial charge on any atom is -0.466 e. The molecule has 0 bridgehead atoms. The lowest BCUT2D eigenvalue weighted by molar-refractivity contribution is -0.151. The smallest absolute Gasteiger partial charge is 0.309 e. The average Bonchev–Trinajstić information content (AvgIpc) is 2.66. The van der Waals surface area contributed by atoms with Crippen LogP contribution in [-0.2, 0) is 24.3 Å². The largest absolute Gasteiger partial charge is 0.466 e. The molecule has 7 nitrogen and oxygen atoms in total. The summed E-state index contributed by atoms with van der Waals surface area (Å²) in [5, 5.41) is 0.484. The fraction of sp³-hybridized carbons (Fsp3) is 0.579. The van der Waals surface area contributed by atoms with Gasteiger partial charge in [-0.3, -0.25) is 13.9 Å². The number of hydrogen-bond acceptors (Lipinski definition) is 5. The van der Waals surface area contributed by atoms with E-state index in [4.69, 9.17) is 16.3 Å². The monoisotopic (exact) mass is 430 g/mol. The highest BCUT2D eigenvalue weighted by Crippen LogP contribution is 2.27. The third-order valence-electron chi connectivity index (χ3n) is 4.82. The number of benzene rings is 1. The summed E-state index contributed by atoms with van der Waals surface area (Å²) in [7, 11) is -3.69. The van der Waals surface area contributed by atoms with Gasteiger partial charge in [-0.1, -0.05) is 18.5 Å². The van der Waals surface area contributed by atoms with Gasteiger partial charge in [-0.05, 0) is 50.5 Å². The molecule has 0 radical (unpaired) electrons. The number of sulfonamides is 1. The molecule has 0 aromatic heterocycles. The lowest BCUT2D eigenvalue weighted by Crippen LogP contribution is -2.52. The predicted molar refractivity (Wildman–Crippen MR) is 109 cm³/mol. The van der Waals surface area contributed by atoms with E-state index in [1.807, 2.05) is 0 Å². The number of carbonyl (C=O) groups is 2. The van der Waals surface area contributed by atoms with Crippen LogP contribution in [0.4, 0.5) is 5.69 Å². The molecule has 0 aliphatic carbocycles. The van der Waals surface area contributed by atoms with Crippen LogP contribution in [0.25, 0.3) is 0 Å². The van der Waals surface area contributed by atoms with Crippen molar-refractivity contribution in [1.29, 1.82) is 0 Å². The maximum Gasteiger partial charge on any atom is 0.309 e. The van der Waals surface area contributed by atoms with Crippen LogP contribution in [0.5, 0.6) is 0 Å². The maximum atomic E-state index is 13.1. The van der Waals surface area contributed by atoms with E-state index in [1.165, 1.54) is 0 Å². The summed E-state index contributed by atoms with van der Waals surface area (Å²) in [6.45, 7) is 4.68. The highest BCUT2D eigenvalue weighted by molar-refractivity contribution is 7.92. The Kier molecular flexibility index (Phi) is 7.71. The standard InChI is InChI=1S/C19H27ClN2O5S/c1-4-17(22(28(3,25)26)16-8-6-15(20)7-9-16)18(23)21-12-10-14(11-13-21)19(24)27-5-2/h6-9,14,17H,4-5,10-13H2,1-3H3. The third-order valence-corrected chi connectivity index (χ3v) is 6.25. The molecular formula is C19H27ClN2O5S. The number of hydrogen-bond donors (Lipinski definition) is 0. The quantitative estimate of drug-likeness (QED) is 0.621. The van der Waals surface area contributed by atoms with E-state index in [0.717, 1.165) is 10.6 Å². The fourth-order valence-electron chi connectivity index (χ4n) is 3.44. The first-order chi connectivity index (χ1) is 13.2. The number of rotatable bonds is 7. The first kappa shape index (κ1) is 22.5. The maximum absolute atomic E-state index is 13.1. The Morgan fingerprint density at radius 1 is 1.21 bits per heavy atom. The van der Waals surface area contributed by atoms with Gasteiger partial charge >= 0.3 is 5.97 Å². The van der Waals surface area contributed by atoms with Gasteiger partial charge in [0.15, 0.2) is 0 Å². The Morgan fingerprint density at radius 3 is 2.25 bits per heavy atom. The van der Waals surface area contributed by atoms with Crippen LogP contribution < -0.4 is 4.31 Å². The minimum absolute atomic E-state index is 0.216. The molecule has 1 unspecified atom stereocenters. The van der Waals surface area contributed by atoms with Crippen molar-refractivity contribution in [2.75, 3.05) is 30.3 Å². The molecule has 1 heterocycles. The lowest BCUT2D eigenvalue weighted by atomic mass is 9.96. The van der Waals surface area contributed by atoms with Crippen molar-refractivity contribution in [3.8, 4) is 0 Å². The highest BCUT2D eigenvalue weighted by Gasteiger charge is 2.36. The summed E-state index contributed by atoms with van der Waals surface area (Å²) in [6, 6.07) is 5.52. The normalized spacial score (nSPS) is 16.5. The fourth-order valence-corrected chi connectivity index (χ4v) is 4.77. The van der Waals surface area contributed by atoms with Crippen molar-refractivity contribution in [2.24, 2.45) is 5.92 Å². The van der Waals surface area contributed by atoms with E-state index in [0.29, 0.717) is 49.7 Å². The summed E-state index contributed by atoms with van der Waals surface area (Å²) in [5.41, 5.74) is 0.397. The van der Waals surface area contributed by atoms with Gasteiger partial charge in [0, 0.05) is 18.1 Å². The number of halogens is 1. The molecule has 0 spiro atoms. The van der Waals surface area contributed by atoms with Gasteiger partial charge in [0.25, 0.3) is 0 Å². The molecule has 1 atom stereocenters. The zero-order valence-corrected chi connectivity index (χ0v) is 18.0. The Morgan fingerprint density at radius 2 is 1.79 bits per heavy atom. The molecule has 1 aromatic rings. The van der Waals surface area contributed by atoms with Gasteiger partial charge in [0.2, 0.25) is 15.9 Å². The number of ether oxygens (including phenoxy) is 1. The summed E-state index contributed by atoms with van der Waals surface area (Å²) < 4.78 is 31.2. The van der Waals surface area contributed by atoms with E-state index in [9.17, 15) is 18.0 Å². The van der Waals surface area contributed by atoms with Crippen LogP contribution in [0.15, 0.2) is 24.3 Å². The average molecular weight is 431 g/mol. The molecule has 1 aliphatic heterocycles. The van der Waals surface area contributed by atoms with Crippen LogP contribution in [0.2, 0.25) is 5.02 Å². The predicted octanol–water partition coefficient (Wildman–Crippen LogP) is 2.69.